The van der Waals surface area contributed by atoms with Crippen molar-refractivity contribution in [1.29, 1.82) is 0 Å². The van der Waals surface area contributed by atoms with Gasteiger partial charge < -0.3 is 29.6 Å². The van der Waals surface area contributed by atoms with E-state index in [1.165, 1.54) is 0 Å². The van der Waals surface area contributed by atoms with Crippen molar-refractivity contribution in [2.45, 2.75) is 151 Å². The highest BCUT2D eigenvalue weighted by Crippen LogP contribution is 1.94. The first kappa shape index (κ1) is 134. The molecular formula is C31H100N2O4. The van der Waals surface area contributed by atoms with Gasteiger partial charge in [0.15, 0.2) is 0 Å². The predicted molar refractivity (Wildman–Crippen MR) is 195 cm³/mol. The second kappa shape index (κ2) is 137. The molecule has 0 aromatic heterocycles. The maximum absolute atomic E-state index is 5.34. The Hall–Kier alpha value is -0.240. The van der Waals surface area contributed by atoms with Crippen LogP contribution in [0.3, 0.4) is 0 Å². The van der Waals surface area contributed by atoms with E-state index in [2.05, 4.69) is 24.5 Å². The van der Waals surface area contributed by atoms with Crippen LogP contribution in [0.4, 0.5) is 0 Å². The summed E-state index contributed by atoms with van der Waals surface area (Å²) < 4.78 is 20.3. The van der Waals surface area contributed by atoms with Crippen molar-refractivity contribution in [3.8, 4) is 0 Å². The molecule has 0 bridgehead atoms. The van der Waals surface area contributed by atoms with Crippen LogP contribution in [0.2, 0.25) is 0 Å². The van der Waals surface area contributed by atoms with Gasteiger partial charge in [-0.25, -0.2) is 0 Å². The maximum atomic E-state index is 5.34. The van der Waals surface area contributed by atoms with Crippen molar-refractivity contribution in [2.75, 3.05) is 68.3 Å². The van der Waals surface area contributed by atoms with Crippen LogP contribution in [0.5, 0.6) is 0 Å². The highest BCUT2D eigenvalue weighted by molar-refractivity contribution is 4.50. The van der Waals surface area contributed by atoms with Crippen LogP contribution < -0.4 is 10.6 Å². The second-order valence-corrected chi connectivity index (χ2v) is 4.81. The van der Waals surface area contributed by atoms with Gasteiger partial charge in [-0.05, 0) is 41.4 Å². The average Bonchev–Trinajstić information content (AvgIpc) is 2.49. The molecular weight excluding hydrogens is 464 g/mol. The topological polar surface area (TPSA) is 61.0 Å². The van der Waals surface area contributed by atoms with Crippen LogP contribution >= 0.6 is 0 Å². The van der Waals surface area contributed by atoms with Crippen molar-refractivity contribution in [1.82, 2.24) is 10.6 Å². The summed E-state index contributed by atoms with van der Waals surface area (Å²) >= 11 is 0. The van der Waals surface area contributed by atoms with Crippen LogP contribution in [-0.2, 0) is 18.9 Å². The van der Waals surface area contributed by atoms with Crippen LogP contribution in [0, 0.1) is 0 Å². The minimum absolute atomic E-state index is 0. The van der Waals surface area contributed by atoms with Gasteiger partial charge in [-0.15, -0.1) is 0 Å². The summed E-state index contributed by atoms with van der Waals surface area (Å²) in [5.41, 5.74) is 0. The molecule has 0 saturated heterocycles. The molecule has 6 heteroatoms. The van der Waals surface area contributed by atoms with Gasteiger partial charge in [-0.2, -0.15) is 0 Å². The third kappa shape index (κ3) is 187. The fourth-order valence-corrected chi connectivity index (χ4v) is 1.13. The van der Waals surface area contributed by atoms with E-state index in [1.54, 1.807) is 14.2 Å². The van der Waals surface area contributed by atoms with Gasteiger partial charge in [-0.3, -0.25) is 0 Å². The highest BCUT2D eigenvalue weighted by Gasteiger charge is 1.97. The zero-order valence-electron chi connectivity index (χ0n) is 16.0. The molecule has 0 aliphatic heterocycles. The Bertz CT molecular complexity index is 179. The molecule has 0 amide bonds. The molecule has 0 fully saturated rings. The molecule has 0 aliphatic rings. The largest absolute Gasteiger partial charge is 0.382 e. The molecule has 37 heavy (non-hydrogen) atoms. The van der Waals surface area contributed by atoms with Crippen molar-refractivity contribution in [2.24, 2.45) is 0 Å². The van der Waals surface area contributed by atoms with E-state index in [9.17, 15) is 0 Å². The van der Waals surface area contributed by atoms with Gasteiger partial charge in [-0.1, -0.05) is 118 Å². The Morgan fingerprint density at radius 1 is 0.486 bits per heavy atom. The van der Waals surface area contributed by atoms with E-state index >= 15 is 0 Å². The second-order valence-electron chi connectivity index (χ2n) is 4.81. The van der Waals surface area contributed by atoms with Crippen molar-refractivity contribution >= 4 is 0 Å². The number of hydrogen-bond donors (Lipinski definition) is 2. The van der Waals surface area contributed by atoms with Gasteiger partial charge in [0, 0.05) is 20.8 Å². The maximum Gasteiger partial charge on any atom is 0.0704 e. The van der Waals surface area contributed by atoms with Gasteiger partial charge in [0.2, 0.25) is 0 Å². The number of likely N-dealkylation sites (N-methyl/N-ethyl adjacent to an activating group) is 1. The molecule has 258 valence electrons. The Morgan fingerprint density at radius 3 is 0.919 bits per heavy atom. The molecule has 0 aromatic carbocycles. The summed E-state index contributed by atoms with van der Waals surface area (Å²) in [5, 5.41) is 5.78. The lowest BCUT2D eigenvalue weighted by Crippen LogP contribution is -2.24. The fraction of sp³-hybridized carbons (Fsp3) is 1.00. The molecule has 0 saturated carbocycles. The molecule has 0 radical (unpaired) electrons. The third-order valence-electron chi connectivity index (χ3n) is 2.45. The van der Waals surface area contributed by atoms with Gasteiger partial charge in [0.25, 0.3) is 0 Å². The first-order valence-corrected chi connectivity index (χ1v) is 7.97. The average molecular weight is 565 g/mol. The monoisotopic (exact) mass is 565 g/mol. The molecule has 0 rings (SSSR count). The number of ether oxygens (including phenoxy) is 4. The summed E-state index contributed by atoms with van der Waals surface area (Å²) in [6.45, 7) is 9.87. The van der Waals surface area contributed by atoms with E-state index in [1.807, 2.05) is 28.1 Å². The van der Waals surface area contributed by atoms with Crippen molar-refractivity contribution < 1.29 is 18.9 Å². The van der Waals surface area contributed by atoms with E-state index in [-0.39, 0.29) is 118 Å². The molecule has 6 nitrogen and oxygen atoms in total. The van der Waals surface area contributed by atoms with Crippen LogP contribution in [-0.4, -0.2) is 80.5 Å². The van der Waals surface area contributed by atoms with E-state index in [0.29, 0.717) is 32.5 Å². The van der Waals surface area contributed by atoms with E-state index in [4.69, 9.17) is 18.9 Å². The summed E-state index contributed by atoms with van der Waals surface area (Å²) in [4.78, 5) is 0. The molecule has 0 aromatic rings. The standard InChI is InChI=1S/C7H17NO2.C7H16O2.C2H7N.15CH4/c1-7(6-8-2)10-5-4-9-3;1-4-7(2)9-6-5-8-3;1-3-2;;;;;;;;;;;;;;;/h7-8H,4-6H2,1-3H3;7H,4-6H2,1-3H3;3H,1-2H3;15*1H4. The van der Waals surface area contributed by atoms with E-state index in [0.717, 1.165) is 13.0 Å². The van der Waals surface area contributed by atoms with Gasteiger partial charge in [0.05, 0.1) is 38.6 Å². The molecule has 0 heterocycles. The summed E-state index contributed by atoms with van der Waals surface area (Å²) in [6, 6.07) is 0. The molecule has 2 N–H and O–H groups in total. The lowest BCUT2D eigenvalue weighted by molar-refractivity contribution is 0.0248. The predicted octanol–water partition coefficient (Wildman–Crippen LogP) is 11.1. The normalized spacial score (nSPS) is 7.46. The SMILES string of the molecule is C.C.C.C.C.C.C.C.C.C.C.C.C.C.C.CCC(C)OCCOC.CNC.CNCC(C)OCCOC. The molecule has 0 aliphatic carbocycles. The quantitative estimate of drug-likeness (QED) is 0.243. The summed E-state index contributed by atoms with van der Waals surface area (Å²) in [5.74, 6) is 0. The number of nitrogens with one attached hydrogen (secondary N) is 2. The van der Waals surface area contributed by atoms with Crippen molar-refractivity contribution in [3.63, 3.8) is 0 Å². The van der Waals surface area contributed by atoms with Crippen LogP contribution in [0.1, 0.15) is 139 Å². The fourth-order valence-electron chi connectivity index (χ4n) is 1.13. The lowest BCUT2D eigenvalue weighted by atomic mass is 10.3. The van der Waals surface area contributed by atoms with Gasteiger partial charge in [0.1, 0.15) is 0 Å². The summed E-state index contributed by atoms with van der Waals surface area (Å²) in [7, 11) is 9.02. The first-order valence-electron chi connectivity index (χ1n) is 7.97. The zero-order valence-corrected chi connectivity index (χ0v) is 16.0. The molecule has 2 unspecified atom stereocenters. The Morgan fingerprint density at radius 2 is 0.730 bits per heavy atom. The van der Waals surface area contributed by atoms with Crippen molar-refractivity contribution in [3.05, 3.63) is 0 Å². The highest BCUT2D eigenvalue weighted by atomic mass is 16.5. The Kier molecular flexibility index (Phi) is 495. The number of methoxy groups -OCH3 is 2. The number of rotatable bonds is 11. The molecule has 0 spiro atoms. The zero-order chi connectivity index (χ0) is 17.6. The van der Waals surface area contributed by atoms with E-state index < -0.39 is 0 Å². The number of hydrogen-bond acceptors (Lipinski definition) is 6. The first-order chi connectivity index (χ1) is 10.5. The van der Waals surface area contributed by atoms with Gasteiger partial charge >= 0.3 is 0 Å². The lowest BCUT2D eigenvalue weighted by Gasteiger charge is -2.11. The minimum atomic E-state index is 0. The molecule has 2 atom stereocenters. The third-order valence-corrected chi connectivity index (χ3v) is 2.45. The smallest absolute Gasteiger partial charge is 0.0704 e. The summed E-state index contributed by atoms with van der Waals surface area (Å²) in [6.07, 6.45) is 1.73. The Labute approximate surface area is 248 Å². The van der Waals surface area contributed by atoms with Crippen LogP contribution in [0.25, 0.3) is 0 Å². The minimum Gasteiger partial charge on any atom is -0.382 e. The Balaban J connectivity index is -0.00000000805. The van der Waals surface area contributed by atoms with Crippen LogP contribution in [0.15, 0.2) is 0 Å².